The molecule has 1 heterocycles. The zero-order valence-corrected chi connectivity index (χ0v) is 13.5. The fourth-order valence-electron chi connectivity index (χ4n) is 2.37. The molecule has 1 aromatic carbocycles. The third-order valence-electron chi connectivity index (χ3n) is 3.64. The molecule has 0 spiro atoms. The monoisotopic (exact) mass is 335 g/mol. The smallest absolute Gasteiger partial charge is 0.228 e. The second-order valence-electron chi connectivity index (χ2n) is 5.40. The summed E-state index contributed by atoms with van der Waals surface area (Å²) in [4.78, 5) is 16.2. The predicted molar refractivity (Wildman–Crippen MR) is 85.0 cm³/mol. The van der Waals surface area contributed by atoms with Gasteiger partial charge in [-0.05, 0) is 25.5 Å². The molecule has 0 radical (unpaired) electrons. The first kappa shape index (κ1) is 16.0. The van der Waals surface area contributed by atoms with Gasteiger partial charge >= 0.3 is 0 Å². The zero-order valence-electron chi connectivity index (χ0n) is 12.8. The summed E-state index contributed by atoms with van der Waals surface area (Å²) in [5.41, 5.74) is 0.800. The van der Waals surface area contributed by atoms with Crippen molar-refractivity contribution in [3.8, 4) is 11.4 Å². The largest absolute Gasteiger partial charge is 0.378 e. The molecule has 7 heteroatoms. The number of rotatable bonds is 7. The van der Waals surface area contributed by atoms with E-state index in [1.165, 1.54) is 0 Å². The van der Waals surface area contributed by atoms with Crippen LogP contribution in [0, 0.1) is 5.92 Å². The van der Waals surface area contributed by atoms with Gasteiger partial charge in [-0.15, -0.1) is 0 Å². The number of amides is 1. The lowest BCUT2D eigenvalue weighted by atomic mass is 10.2. The Hall–Kier alpha value is -1.92. The van der Waals surface area contributed by atoms with Crippen molar-refractivity contribution in [2.45, 2.75) is 25.9 Å². The van der Waals surface area contributed by atoms with Crippen LogP contribution in [0.1, 0.15) is 19.2 Å². The first-order chi connectivity index (χ1) is 11.2. The van der Waals surface area contributed by atoms with Gasteiger partial charge in [-0.3, -0.25) is 4.79 Å². The molecule has 0 saturated heterocycles. The van der Waals surface area contributed by atoms with Gasteiger partial charge in [0.25, 0.3) is 0 Å². The Labute approximate surface area is 139 Å². The quantitative estimate of drug-likeness (QED) is 0.841. The van der Waals surface area contributed by atoms with Gasteiger partial charge in [0.2, 0.25) is 17.6 Å². The molecule has 2 atom stereocenters. The van der Waals surface area contributed by atoms with E-state index in [9.17, 15) is 4.79 Å². The number of aromatic nitrogens is 2. The van der Waals surface area contributed by atoms with Crippen LogP contribution < -0.4 is 5.32 Å². The predicted octanol–water partition coefficient (Wildman–Crippen LogP) is 2.47. The van der Waals surface area contributed by atoms with Crippen LogP contribution in [-0.2, 0) is 16.0 Å². The number of hydrogen-bond donors (Lipinski definition) is 1. The SMILES string of the molecule is CCO[C@H]1C[C@@H]1C(=O)NCCc1nc(-c2cccc(Cl)c2)no1. The summed E-state index contributed by atoms with van der Waals surface area (Å²) >= 11 is 5.95. The Morgan fingerprint density at radius 3 is 3.17 bits per heavy atom. The van der Waals surface area contributed by atoms with Crippen LogP contribution in [0.2, 0.25) is 5.02 Å². The van der Waals surface area contributed by atoms with Crippen LogP contribution in [0.4, 0.5) is 0 Å². The van der Waals surface area contributed by atoms with Crippen LogP contribution in [0.3, 0.4) is 0 Å². The highest BCUT2D eigenvalue weighted by Gasteiger charge is 2.43. The lowest BCUT2D eigenvalue weighted by Gasteiger charge is -2.02. The fourth-order valence-corrected chi connectivity index (χ4v) is 2.56. The number of hydrogen-bond acceptors (Lipinski definition) is 5. The molecule has 23 heavy (non-hydrogen) atoms. The minimum Gasteiger partial charge on any atom is -0.378 e. The average molecular weight is 336 g/mol. The van der Waals surface area contributed by atoms with Crippen molar-refractivity contribution < 1.29 is 14.1 Å². The summed E-state index contributed by atoms with van der Waals surface area (Å²) in [7, 11) is 0. The number of nitrogens with zero attached hydrogens (tertiary/aromatic N) is 2. The van der Waals surface area contributed by atoms with Crippen molar-refractivity contribution in [2.24, 2.45) is 5.92 Å². The minimum atomic E-state index is -0.0142. The minimum absolute atomic E-state index is 0.0142. The summed E-state index contributed by atoms with van der Waals surface area (Å²) < 4.78 is 10.6. The first-order valence-corrected chi connectivity index (χ1v) is 8.03. The van der Waals surface area contributed by atoms with Crippen LogP contribution in [0.5, 0.6) is 0 Å². The molecule has 1 aliphatic rings. The molecule has 1 aliphatic carbocycles. The van der Waals surface area contributed by atoms with Crippen molar-refractivity contribution in [1.29, 1.82) is 0 Å². The van der Waals surface area contributed by atoms with Crippen LogP contribution in [-0.4, -0.2) is 35.3 Å². The number of nitrogens with one attached hydrogen (secondary N) is 1. The second kappa shape index (κ2) is 7.10. The molecule has 2 aromatic rings. The van der Waals surface area contributed by atoms with Gasteiger partial charge in [0.05, 0.1) is 12.0 Å². The summed E-state index contributed by atoms with van der Waals surface area (Å²) in [5, 5.41) is 7.42. The Bertz CT molecular complexity index is 689. The van der Waals surface area contributed by atoms with E-state index < -0.39 is 0 Å². The van der Waals surface area contributed by atoms with Gasteiger partial charge in [-0.25, -0.2) is 0 Å². The van der Waals surface area contributed by atoms with Crippen LogP contribution in [0.15, 0.2) is 28.8 Å². The van der Waals surface area contributed by atoms with Gasteiger partial charge in [0, 0.05) is 30.2 Å². The van der Waals surface area contributed by atoms with E-state index in [1.54, 1.807) is 12.1 Å². The van der Waals surface area contributed by atoms with E-state index >= 15 is 0 Å². The summed E-state index contributed by atoms with van der Waals surface area (Å²) in [5.74, 6) is 0.988. The summed E-state index contributed by atoms with van der Waals surface area (Å²) in [6, 6.07) is 7.26. The molecule has 1 amide bonds. The maximum absolute atomic E-state index is 11.9. The van der Waals surface area contributed by atoms with Crippen LogP contribution >= 0.6 is 11.6 Å². The lowest BCUT2D eigenvalue weighted by molar-refractivity contribution is -0.123. The van der Waals surface area contributed by atoms with E-state index in [0.717, 1.165) is 12.0 Å². The van der Waals surface area contributed by atoms with E-state index in [4.69, 9.17) is 20.9 Å². The number of carbonyl (C=O) groups is 1. The van der Waals surface area contributed by atoms with Gasteiger partial charge in [0.15, 0.2) is 0 Å². The Kier molecular flexibility index (Phi) is 4.93. The number of carbonyl (C=O) groups excluding carboxylic acids is 1. The lowest BCUT2D eigenvalue weighted by Crippen LogP contribution is -2.28. The number of halogens is 1. The molecule has 0 unspecified atom stereocenters. The Balaban J connectivity index is 1.47. The highest BCUT2D eigenvalue weighted by Crippen LogP contribution is 2.33. The van der Waals surface area contributed by atoms with Crippen molar-refractivity contribution in [3.05, 3.63) is 35.2 Å². The van der Waals surface area contributed by atoms with E-state index in [-0.39, 0.29) is 17.9 Å². The molecule has 0 aliphatic heterocycles. The number of ether oxygens (including phenoxy) is 1. The van der Waals surface area contributed by atoms with E-state index in [0.29, 0.717) is 36.3 Å². The van der Waals surface area contributed by atoms with Gasteiger partial charge in [0.1, 0.15) is 0 Å². The van der Waals surface area contributed by atoms with Crippen molar-refractivity contribution in [3.63, 3.8) is 0 Å². The molecule has 122 valence electrons. The standard InChI is InChI=1S/C16H18ClN3O3/c1-2-22-13-9-12(13)16(21)18-7-6-14-19-15(20-23-14)10-4-3-5-11(17)8-10/h3-5,8,12-13H,2,6-7,9H2,1H3,(H,18,21)/t12-,13-/m0/s1. The van der Waals surface area contributed by atoms with Crippen molar-refractivity contribution >= 4 is 17.5 Å². The molecular weight excluding hydrogens is 318 g/mol. The zero-order chi connectivity index (χ0) is 16.2. The maximum Gasteiger partial charge on any atom is 0.228 e. The fraction of sp³-hybridized carbons (Fsp3) is 0.438. The molecule has 1 fully saturated rings. The Morgan fingerprint density at radius 1 is 1.52 bits per heavy atom. The molecule has 0 bridgehead atoms. The highest BCUT2D eigenvalue weighted by atomic mass is 35.5. The number of benzene rings is 1. The molecule has 1 aromatic heterocycles. The average Bonchev–Trinajstić information content (AvgIpc) is 3.15. The third kappa shape index (κ3) is 4.09. The van der Waals surface area contributed by atoms with E-state index in [1.807, 2.05) is 19.1 Å². The first-order valence-electron chi connectivity index (χ1n) is 7.65. The third-order valence-corrected chi connectivity index (χ3v) is 3.87. The summed E-state index contributed by atoms with van der Waals surface area (Å²) in [6.07, 6.45) is 1.38. The van der Waals surface area contributed by atoms with Gasteiger partial charge in [-0.1, -0.05) is 28.9 Å². The van der Waals surface area contributed by atoms with Crippen molar-refractivity contribution in [1.82, 2.24) is 15.5 Å². The summed E-state index contributed by atoms with van der Waals surface area (Å²) in [6.45, 7) is 3.04. The topological polar surface area (TPSA) is 77.2 Å². The van der Waals surface area contributed by atoms with Crippen molar-refractivity contribution in [2.75, 3.05) is 13.2 Å². The molecule has 1 N–H and O–H groups in total. The van der Waals surface area contributed by atoms with Gasteiger partial charge in [-0.2, -0.15) is 4.98 Å². The highest BCUT2D eigenvalue weighted by molar-refractivity contribution is 6.30. The molecule has 1 saturated carbocycles. The molecular formula is C16H18ClN3O3. The van der Waals surface area contributed by atoms with Gasteiger partial charge < -0.3 is 14.6 Å². The molecule has 6 nitrogen and oxygen atoms in total. The second-order valence-corrected chi connectivity index (χ2v) is 5.84. The van der Waals surface area contributed by atoms with Crippen LogP contribution in [0.25, 0.3) is 11.4 Å². The normalized spacial score (nSPS) is 19.6. The Morgan fingerprint density at radius 2 is 2.39 bits per heavy atom. The van der Waals surface area contributed by atoms with E-state index in [2.05, 4.69) is 15.5 Å². The molecule has 3 rings (SSSR count). The maximum atomic E-state index is 11.9.